The van der Waals surface area contributed by atoms with E-state index in [9.17, 15) is 4.79 Å². The molecule has 1 amide bonds. The van der Waals surface area contributed by atoms with Gasteiger partial charge in [0.1, 0.15) is 0 Å². The molecule has 1 aliphatic carbocycles. The molecule has 1 saturated carbocycles. The van der Waals surface area contributed by atoms with Crippen LogP contribution in [0.1, 0.15) is 49.7 Å². The van der Waals surface area contributed by atoms with Crippen LogP contribution in [-0.4, -0.2) is 25.0 Å². The predicted octanol–water partition coefficient (Wildman–Crippen LogP) is 2.75. The van der Waals surface area contributed by atoms with Crippen molar-refractivity contribution >= 4 is 5.91 Å². The van der Waals surface area contributed by atoms with Gasteiger partial charge in [-0.25, -0.2) is 0 Å². The molecule has 1 aliphatic rings. The molecule has 1 aromatic carbocycles. The van der Waals surface area contributed by atoms with Crippen molar-refractivity contribution < 1.29 is 4.79 Å². The van der Waals surface area contributed by atoms with Crippen molar-refractivity contribution in [3.8, 4) is 0 Å². The van der Waals surface area contributed by atoms with Crippen molar-refractivity contribution in [2.75, 3.05) is 13.1 Å². The normalized spacial score (nSPS) is 21.3. The summed E-state index contributed by atoms with van der Waals surface area (Å²) in [5.41, 5.74) is 2.80. The summed E-state index contributed by atoms with van der Waals surface area (Å²) < 4.78 is 0. The smallest absolute Gasteiger partial charge is 0.221 e. The Labute approximate surface area is 122 Å². The second kappa shape index (κ2) is 7.44. The standard InChI is InChI=1S/C17H26N2O/c1-3-8-19-17(20)7-9-18-16-11-15(12-16)14-6-4-5-13(2)10-14/h4-6,10,15-16,18H,3,7-9,11-12H2,1-2H3,(H,19,20). The van der Waals surface area contributed by atoms with Gasteiger partial charge in [0.15, 0.2) is 0 Å². The molecule has 2 N–H and O–H groups in total. The number of amides is 1. The van der Waals surface area contributed by atoms with E-state index in [1.165, 1.54) is 24.0 Å². The van der Waals surface area contributed by atoms with Gasteiger partial charge in [0, 0.05) is 25.6 Å². The molecule has 0 spiro atoms. The molecule has 110 valence electrons. The maximum absolute atomic E-state index is 11.5. The first-order valence-corrected chi connectivity index (χ1v) is 7.75. The van der Waals surface area contributed by atoms with Crippen LogP contribution in [0, 0.1) is 6.92 Å². The third-order valence-corrected chi connectivity index (χ3v) is 4.01. The minimum atomic E-state index is 0.161. The molecule has 0 atom stereocenters. The number of nitrogens with one attached hydrogen (secondary N) is 2. The number of carbonyl (C=O) groups is 1. The lowest BCUT2D eigenvalue weighted by Gasteiger charge is -2.36. The number of rotatable bonds is 7. The van der Waals surface area contributed by atoms with Crippen molar-refractivity contribution in [1.29, 1.82) is 0 Å². The molecule has 20 heavy (non-hydrogen) atoms. The number of carbonyl (C=O) groups excluding carboxylic acids is 1. The van der Waals surface area contributed by atoms with Gasteiger partial charge in [-0.15, -0.1) is 0 Å². The van der Waals surface area contributed by atoms with E-state index >= 15 is 0 Å². The van der Waals surface area contributed by atoms with E-state index in [1.54, 1.807) is 0 Å². The molecule has 3 heteroatoms. The van der Waals surface area contributed by atoms with Gasteiger partial charge in [0.2, 0.25) is 5.91 Å². The van der Waals surface area contributed by atoms with Crippen molar-refractivity contribution in [1.82, 2.24) is 10.6 Å². The van der Waals surface area contributed by atoms with Crippen LogP contribution >= 0.6 is 0 Å². The molecule has 0 aromatic heterocycles. The van der Waals surface area contributed by atoms with E-state index in [-0.39, 0.29) is 5.91 Å². The fourth-order valence-electron chi connectivity index (χ4n) is 2.72. The topological polar surface area (TPSA) is 41.1 Å². The summed E-state index contributed by atoms with van der Waals surface area (Å²) in [4.78, 5) is 11.5. The quantitative estimate of drug-likeness (QED) is 0.802. The summed E-state index contributed by atoms with van der Waals surface area (Å²) in [6.45, 7) is 5.80. The molecule has 0 unspecified atom stereocenters. The fourth-order valence-corrected chi connectivity index (χ4v) is 2.72. The summed E-state index contributed by atoms with van der Waals surface area (Å²) in [6.07, 6.45) is 3.98. The molecule has 0 radical (unpaired) electrons. The van der Waals surface area contributed by atoms with E-state index in [2.05, 4.69) is 48.7 Å². The van der Waals surface area contributed by atoms with Gasteiger partial charge in [0.05, 0.1) is 0 Å². The zero-order valence-electron chi connectivity index (χ0n) is 12.6. The summed E-state index contributed by atoms with van der Waals surface area (Å²) >= 11 is 0. The highest BCUT2D eigenvalue weighted by molar-refractivity contribution is 5.75. The Hall–Kier alpha value is -1.35. The maximum Gasteiger partial charge on any atom is 0.221 e. The van der Waals surface area contributed by atoms with Crippen molar-refractivity contribution in [3.63, 3.8) is 0 Å². The minimum Gasteiger partial charge on any atom is -0.356 e. The lowest BCUT2D eigenvalue weighted by atomic mass is 9.75. The molecule has 0 heterocycles. The van der Waals surface area contributed by atoms with Gasteiger partial charge in [-0.2, -0.15) is 0 Å². The first kappa shape index (κ1) is 15.0. The fraction of sp³-hybridized carbons (Fsp3) is 0.588. The van der Waals surface area contributed by atoms with E-state index in [0.29, 0.717) is 18.4 Å². The zero-order valence-corrected chi connectivity index (χ0v) is 12.6. The third kappa shape index (κ3) is 4.34. The van der Waals surface area contributed by atoms with E-state index in [4.69, 9.17) is 0 Å². The second-order valence-electron chi connectivity index (χ2n) is 5.83. The number of hydrogen-bond donors (Lipinski definition) is 2. The minimum absolute atomic E-state index is 0.161. The van der Waals surface area contributed by atoms with Gasteiger partial charge in [0.25, 0.3) is 0 Å². The van der Waals surface area contributed by atoms with Crippen LogP contribution in [0.4, 0.5) is 0 Å². The first-order chi connectivity index (χ1) is 9.69. The molecule has 0 aliphatic heterocycles. The molecule has 0 saturated heterocycles. The number of hydrogen-bond acceptors (Lipinski definition) is 2. The van der Waals surface area contributed by atoms with Gasteiger partial charge >= 0.3 is 0 Å². The lowest BCUT2D eigenvalue weighted by Crippen LogP contribution is -2.41. The summed E-state index contributed by atoms with van der Waals surface area (Å²) in [5.74, 6) is 0.857. The van der Waals surface area contributed by atoms with E-state index in [0.717, 1.165) is 19.5 Å². The molecular formula is C17H26N2O. The van der Waals surface area contributed by atoms with Crippen molar-refractivity contribution in [2.24, 2.45) is 0 Å². The first-order valence-electron chi connectivity index (χ1n) is 7.75. The van der Waals surface area contributed by atoms with Crippen LogP contribution in [0.5, 0.6) is 0 Å². The number of aryl methyl sites for hydroxylation is 1. The Balaban J connectivity index is 1.61. The highest BCUT2D eigenvalue weighted by Crippen LogP contribution is 2.36. The maximum atomic E-state index is 11.5. The lowest BCUT2D eigenvalue weighted by molar-refractivity contribution is -0.121. The molecule has 3 nitrogen and oxygen atoms in total. The Morgan fingerprint density at radius 2 is 2.10 bits per heavy atom. The van der Waals surface area contributed by atoms with Crippen LogP contribution in [0.15, 0.2) is 24.3 Å². The van der Waals surface area contributed by atoms with Crippen molar-refractivity contribution in [2.45, 2.75) is 51.5 Å². The van der Waals surface area contributed by atoms with E-state index < -0.39 is 0 Å². The Bertz CT molecular complexity index is 438. The molecule has 1 fully saturated rings. The average molecular weight is 274 g/mol. The summed E-state index contributed by atoms with van der Waals surface area (Å²) in [5, 5.41) is 6.38. The highest BCUT2D eigenvalue weighted by atomic mass is 16.1. The van der Waals surface area contributed by atoms with E-state index in [1.807, 2.05) is 0 Å². The largest absolute Gasteiger partial charge is 0.356 e. The number of benzene rings is 1. The van der Waals surface area contributed by atoms with Crippen LogP contribution in [0.2, 0.25) is 0 Å². The summed E-state index contributed by atoms with van der Waals surface area (Å²) in [6, 6.07) is 9.39. The Morgan fingerprint density at radius 3 is 2.80 bits per heavy atom. The second-order valence-corrected chi connectivity index (χ2v) is 5.83. The molecule has 1 aromatic rings. The van der Waals surface area contributed by atoms with Gasteiger partial charge < -0.3 is 10.6 Å². The van der Waals surface area contributed by atoms with Gasteiger partial charge in [-0.3, -0.25) is 4.79 Å². The van der Waals surface area contributed by atoms with Crippen LogP contribution in [0.25, 0.3) is 0 Å². The van der Waals surface area contributed by atoms with Crippen LogP contribution in [-0.2, 0) is 4.79 Å². The Morgan fingerprint density at radius 1 is 1.30 bits per heavy atom. The Kier molecular flexibility index (Phi) is 5.60. The van der Waals surface area contributed by atoms with Crippen LogP contribution in [0.3, 0.4) is 0 Å². The highest BCUT2D eigenvalue weighted by Gasteiger charge is 2.29. The summed E-state index contributed by atoms with van der Waals surface area (Å²) in [7, 11) is 0. The third-order valence-electron chi connectivity index (χ3n) is 4.01. The SMILES string of the molecule is CCCNC(=O)CCNC1CC(c2cccc(C)c2)C1. The molecule has 2 rings (SSSR count). The van der Waals surface area contributed by atoms with Gasteiger partial charge in [-0.1, -0.05) is 36.8 Å². The van der Waals surface area contributed by atoms with Crippen LogP contribution < -0.4 is 10.6 Å². The van der Waals surface area contributed by atoms with Gasteiger partial charge in [-0.05, 0) is 37.7 Å². The zero-order chi connectivity index (χ0) is 14.4. The predicted molar refractivity (Wildman–Crippen MR) is 82.9 cm³/mol. The average Bonchev–Trinajstić information content (AvgIpc) is 2.39. The monoisotopic (exact) mass is 274 g/mol. The van der Waals surface area contributed by atoms with Crippen molar-refractivity contribution in [3.05, 3.63) is 35.4 Å². The molecular weight excluding hydrogens is 248 g/mol. The molecule has 0 bridgehead atoms.